The van der Waals surface area contributed by atoms with E-state index in [0.717, 1.165) is 55.0 Å². The molecule has 0 saturated carbocycles. The van der Waals surface area contributed by atoms with Crippen LogP contribution in [-0.2, 0) is 5.75 Å². The van der Waals surface area contributed by atoms with Gasteiger partial charge in [-0.15, -0.1) is 11.8 Å². The molecule has 0 N–H and O–H groups in total. The molecule has 0 radical (unpaired) electrons. The quantitative estimate of drug-likeness (QED) is 0.202. The molecule has 0 aliphatic heterocycles. The zero-order valence-electron chi connectivity index (χ0n) is 17.4. The van der Waals surface area contributed by atoms with E-state index in [1.165, 1.54) is 0 Å². The maximum atomic E-state index is 6.39. The van der Waals surface area contributed by atoms with Crippen molar-refractivity contribution in [3.63, 3.8) is 0 Å². The highest BCUT2D eigenvalue weighted by Crippen LogP contribution is 2.39. The molecule has 0 aliphatic rings. The molecule has 158 valence electrons. The molecule has 0 spiro atoms. The first-order valence-corrected chi connectivity index (χ1v) is 11.5. The molecule has 5 aromatic rings. The number of aromatic nitrogens is 3. The van der Waals surface area contributed by atoms with Gasteiger partial charge in [-0.25, -0.2) is 9.97 Å². The second-order valence-electron chi connectivity index (χ2n) is 7.21. The molecule has 3 aromatic carbocycles. The number of hydrogen-bond acceptors (Lipinski definition) is 4. The minimum absolute atomic E-state index is 0.722. The summed E-state index contributed by atoms with van der Waals surface area (Å²) in [6.45, 7) is 0. The van der Waals surface area contributed by atoms with E-state index in [-0.39, 0.29) is 0 Å². The highest BCUT2D eigenvalue weighted by atomic mass is 35.5. The Bertz CT molecular complexity index is 1380. The summed E-state index contributed by atoms with van der Waals surface area (Å²) >= 11 is 8.05. The van der Waals surface area contributed by atoms with Crippen LogP contribution in [0.25, 0.3) is 27.8 Å². The van der Waals surface area contributed by atoms with Crippen molar-refractivity contribution in [2.75, 3.05) is 7.11 Å². The van der Waals surface area contributed by atoms with E-state index in [1.54, 1.807) is 25.2 Å². The van der Waals surface area contributed by atoms with Crippen LogP contribution in [0.15, 0.2) is 96.4 Å². The van der Waals surface area contributed by atoms with Gasteiger partial charge in [0.15, 0.2) is 0 Å². The second-order valence-corrected chi connectivity index (χ2v) is 8.58. The van der Waals surface area contributed by atoms with E-state index < -0.39 is 0 Å². The SMILES string of the molecule is COc1ccccc1-n1cc(-c2ccccc2)c2c(SCc3ccccc3Cl)ncnc21. The Kier molecular flexibility index (Phi) is 5.84. The van der Waals surface area contributed by atoms with Crippen LogP contribution in [0.2, 0.25) is 5.02 Å². The predicted octanol–water partition coefficient (Wildman–Crippen LogP) is 7.04. The third-order valence-electron chi connectivity index (χ3n) is 5.30. The van der Waals surface area contributed by atoms with Crippen molar-refractivity contribution < 1.29 is 4.74 Å². The van der Waals surface area contributed by atoms with Crippen LogP contribution in [0.5, 0.6) is 5.75 Å². The third kappa shape index (κ3) is 3.85. The minimum Gasteiger partial charge on any atom is -0.495 e. The van der Waals surface area contributed by atoms with Crippen molar-refractivity contribution in [2.45, 2.75) is 10.8 Å². The van der Waals surface area contributed by atoms with Crippen LogP contribution in [0.1, 0.15) is 5.56 Å². The Labute approximate surface area is 195 Å². The average Bonchev–Trinajstić information content (AvgIpc) is 3.24. The topological polar surface area (TPSA) is 39.9 Å². The molecule has 0 amide bonds. The highest BCUT2D eigenvalue weighted by Gasteiger charge is 2.19. The van der Waals surface area contributed by atoms with Crippen molar-refractivity contribution in [3.8, 4) is 22.6 Å². The number of methoxy groups -OCH3 is 1. The van der Waals surface area contributed by atoms with Crippen LogP contribution in [0, 0.1) is 0 Å². The molecule has 6 heteroatoms. The van der Waals surface area contributed by atoms with Crippen molar-refractivity contribution in [2.24, 2.45) is 0 Å². The fourth-order valence-corrected chi connectivity index (χ4v) is 5.05. The van der Waals surface area contributed by atoms with Crippen molar-refractivity contribution >= 4 is 34.4 Å². The average molecular weight is 458 g/mol. The number of benzene rings is 3. The Morgan fingerprint density at radius 3 is 2.47 bits per heavy atom. The molecule has 2 aromatic heterocycles. The normalized spacial score (nSPS) is 11.1. The lowest BCUT2D eigenvalue weighted by Gasteiger charge is -2.10. The maximum absolute atomic E-state index is 6.39. The van der Waals surface area contributed by atoms with E-state index in [4.69, 9.17) is 16.3 Å². The molecule has 0 bridgehead atoms. The summed E-state index contributed by atoms with van der Waals surface area (Å²) in [6.07, 6.45) is 3.74. The number of para-hydroxylation sites is 2. The molecular formula is C26H20ClN3OS. The van der Waals surface area contributed by atoms with Gasteiger partial charge in [0, 0.05) is 22.5 Å². The molecule has 0 atom stereocenters. The monoisotopic (exact) mass is 457 g/mol. The van der Waals surface area contributed by atoms with E-state index in [0.29, 0.717) is 0 Å². The van der Waals surface area contributed by atoms with Gasteiger partial charge in [-0.3, -0.25) is 4.57 Å². The number of rotatable bonds is 6. The van der Waals surface area contributed by atoms with Crippen molar-refractivity contribution in [3.05, 3.63) is 102 Å². The molecule has 0 unspecified atom stereocenters. The summed E-state index contributed by atoms with van der Waals surface area (Å²) in [5.41, 5.74) is 5.04. The molecule has 2 heterocycles. The molecule has 5 rings (SSSR count). The fraction of sp³-hybridized carbons (Fsp3) is 0.0769. The van der Waals surface area contributed by atoms with Gasteiger partial charge < -0.3 is 4.74 Å². The molecule has 0 saturated heterocycles. The van der Waals surface area contributed by atoms with Crippen LogP contribution < -0.4 is 4.74 Å². The number of fused-ring (bicyclic) bond motifs is 1. The zero-order valence-corrected chi connectivity index (χ0v) is 19.0. The Hall–Kier alpha value is -3.28. The van der Waals surface area contributed by atoms with Crippen molar-refractivity contribution in [1.82, 2.24) is 14.5 Å². The summed E-state index contributed by atoms with van der Waals surface area (Å²) in [4.78, 5) is 9.32. The maximum Gasteiger partial charge on any atom is 0.149 e. The van der Waals surface area contributed by atoms with Gasteiger partial charge >= 0.3 is 0 Å². The standard InChI is InChI=1S/C26H20ClN3OS/c1-31-23-14-8-7-13-22(23)30-15-20(18-9-3-2-4-10-18)24-25(30)28-17-29-26(24)32-16-19-11-5-6-12-21(19)27/h2-15,17H,16H2,1H3. The number of nitrogens with zero attached hydrogens (tertiary/aromatic N) is 3. The first-order chi connectivity index (χ1) is 15.8. The number of halogens is 1. The lowest BCUT2D eigenvalue weighted by molar-refractivity contribution is 0.413. The van der Waals surface area contributed by atoms with Crippen LogP contribution in [0.3, 0.4) is 0 Å². The van der Waals surface area contributed by atoms with Crippen LogP contribution in [0.4, 0.5) is 0 Å². The molecule has 32 heavy (non-hydrogen) atoms. The van der Waals surface area contributed by atoms with E-state index in [2.05, 4.69) is 32.9 Å². The van der Waals surface area contributed by atoms with Gasteiger partial charge in [-0.05, 0) is 29.3 Å². The van der Waals surface area contributed by atoms with E-state index in [9.17, 15) is 0 Å². The lowest BCUT2D eigenvalue weighted by atomic mass is 10.1. The molecule has 0 aliphatic carbocycles. The lowest BCUT2D eigenvalue weighted by Crippen LogP contribution is -1.98. The largest absolute Gasteiger partial charge is 0.495 e. The predicted molar refractivity (Wildman–Crippen MR) is 132 cm³/mol. The van der Waals surface area contributed by atoms with E-state index >= 15 is 0 Å². The van der Waals surface area contributed by atoms with Gasteiger partial charge in [0.05, 0.1) is 18.2 Å². The molecule has 4 nitrogen and oxygen atoms in total. The summed E-state index contributed by atoms with van der Waals surface area (Å²) in [6, 6.07) is 26.2. The zero-order chi connectivity index (χ0) is 21.9. The smallest absolute Gasteiger partial charge is 0.149 e. The van der Waals surface area contributed by atoms with Gasteiger partial charge in [0.2, 0.25) is 0 Å². The van der Waals surface area contributed by atoms with Gasteiger partial charge in [-0.2, -0.15) is 0 Å². The Morgan fingerprint density at radius 1 is 0.906 bits per heavy atom. The minimum atomic E-state index is 0.722. The second kappa shape index (κ2) is 9.07. The van der Waals surface area contributed by atoms with E-state index in [1.807, 2.05) is 66.7 Å². The van der Waals surface area contributed by atoms with Gasteiger partial charge in [-0.1, -0.05) is 72.3 Å². The van der Waals surface area contributed by atoms with Gasteiger partial charge in [0.25, 0.3) is 0 Å². The number of ether oxygens (including phenoxy) is 1. The first kappa shape index (κ1) is 20.6. The highest BCUT2D eigenvalue weighted by molar-refractivity contribution is 7.98. The first-order valence-electron chi connectivity index (χ1n) is 10.2. The summed E-state index contributed by atoms with van der Waals surface area (Å²) in [5.74, 6) is 1.51. The molecule has 0 fully saturated rings. The molecular weight excluding hydrogens is 438 g/mol. The van der Waals surface area contributed by atoms with Crippen LogP contribution >= 0.6 is 23.4 Å². The van der Waals surface area contributed by atoms with Crippen LogP contribution in [-0.4, -0.2) is 21.6 Å². The third-order valence-corrected chi connectivity index (χ3v) is 6.71. The number of thioether (sulfide) groups is 1. The Morgan fingerprint density at radius 2 is 1.66 bits per heavy atom. The fourth-order valence-electron chi connectivity index (χ4n) is 3.75. The summed E-state index contributed by atoms with van der Waals surface area (Å²) < 4.78 is 7.71. The Balaban J connectivity index is 1.69. The summed E-state index contributed by atoms with van der Waals surface area (Å²) in [5, 5.41) is 2.70. The number of hydrogen-bond donors (Lipinski definition) is 0. The van der Waals surface area contributed by atoms with Gasteiger partial charge in [0.1, 0.15) is 22.7 Å². The van der Waals surface area contributed by atoms with Crippen molar-refractivity contribution in [1.29, 1.82) is 0 Å². The summed E-state index contributed by atoms with van der Waals surface area (Å²) in [7, 11) is 1.68.